The summed E-state index contributed by atoms with van der Waals surface area (Å²) in [6, 6.07) is 0. The molecule has 1 aliphatic rings. The van der Waals surface area contributed by atoms with Gasteiger partial charge in [-0.25, -0.2) is 0 Å². The number of hydrogen-bond acceptors (Lipinski definition) is 1. The van der Waals surface area contributed by atoms with E-state index >= 15 is 0 Å². The van der Waals surface area contributed by atoms with Gasteiger partial charge in [0.1, 0.15) is 5.78 Å². The fourth-order valence-corrected chi connectivity index (χ4v) is 1.97. The lowest BCUT2D eigenvalue weighted by molar-refractivity contribution is -0.137. The van der Waals surface area contributed by atoms with E-state index in [-0.39, 0.29) is 10.8 Å². The second-order valence-corrected chi connectivity index (χ2v) is 5.21. The van der Waals surface area contributed by atoms with Crippen LogP contribution < -0.4 is 0 Å². The maximum absolute atomic E-state index is 11.8. The summed E-state index contributed by atoms with van der Waals surface area (Å²) >= 11 is 0. The highest BCUT2D eigenvalue weighted by Gasteiger charge is 2.44. The van der Waals surface area contributed by atoms with E-state index in [0.29, 0.717) is 5.78 Å². The average Bonchev–Trinajstić information content (AvgIpc) is 1.93. The van der Waals surface area contributed by atoms with Gasteiger partial charge in [-0.15, -0.1) is 0 Å². The van der Waals surface area contributed by atoms with Crippen molar-refractivity contribution in [3.8, 4) is 0 Å². The zero-order valence-electron chi connectivity index (χ0n) is 8.74. The van der Waals surface area contributed by atoms with Gasteiger partial charge in [0.2, 0.25) is 0 Å². The van der Waals surface area contributed by atoms with Crippen LogP contribution in [-0.4, -0.2) is 5.78 Å². The first kappa shape index (κ1) is 9.76. The van der Waals surface area contributed by atoms with Crippen molar-refractivity contribution in [1.82, 2.24) is 0 Å². The summed E-state index contributed by atoms with van der Waals surface area (Å²) in [5.74, 6) is 0.473. The summed E-state index contributed by atoms with van der Waals surface area (Å²) in [5, 5.41) is 0. The molecule has 0 N–H and O–H groups in total. The lowest BCUT2D eigenvalue weighted by Gasteiger charge is -2.43. The minimum absolute atomic E-state index is 0.0642. The number of Topliss-reactive ketones (excluding diaryl/α,β-unsaturated/α-hetero) is 1. The molecule has 0 spiro atoms. The maximum Gasteiger partial charge on any atom is 0.139 e. The number of carbonyl (C=O) groups is 1. The van der Waals surface area contributed by atoms with Gasteiger partial charge in [0.25, 0.3) is 0 Å². The van der Waals surface area contributed by atoms with Crippen LogP contribution in [0.15, 0.2) is 0 Å². The Kier molecular flexibility index (Phi) is 2.33. The molecule has 0 saturated heterocycles. The van der Waals surface area contributed by atoms with E-state index in [1.54, 1.807) is 0 Å². The van der Waals surface area contributed by atoms with Crippen molar-refractivity contribution in [2.24, 2.45) is 10.8 Å². The van der Waals surface area contributed by atoms with E-state index in [0.717, 1.165) is 19.3 Å². The molecule has 12 heavy (non-hydrogen) atoms. The van der Waals surface area contributed by atoms with Crippen LogP contribution in [-0.2, 0) is 4.79 Å². The van der Waals surface area contributed by atoms with Crippen molar-refractivity contribution in [3.05, 3.63) is 0 Å². The highest BCUT2D eigenvalue weighted by molar-refractivity contribution is 5.85. The Labute approximate surface area is 75.5 Å². The second kappa shape index (κ2) is 2.86. The molecule has 1 saturated carbocycles. The normalized spacial score (nSPS) is 32.2. The number of rotatable bonds is 0. The highest BCUT2D eigenvalue weighted by Crippen LogP contribution is 2.46. The van der Waals surface area contributed by atoms with Gasteiger partial charge in [-0.1, -0.05) is 34.1 Å². The molecule has 0 aromatic rings. The van der Waals surface area contributed by atoms with Crippen LogP contribution in [0.5, 0.6) is 0 Å². The molecule has 0 radical (unpaired) electrons. The third-order valence-electron chi connectivity index (χ3n) is 3.60. The third kappa shape index (κ3) is 1.41. The first-order valence-corrected chi connectivity index (χ1v) is 4.91. The van der Waals surface area contributed by atoms with Crippen LogP contribution in [0.2, 0.25) is 0 Å². The second-order valence-electron chi connectivity index (χ2n) is 5.21. The van der Waals surface area contributed by atoms with Crippen LogP contribution in [0.25, 0.3) is 0 Å². The van der Waals surface area contributed by atoms with Crippen molar-refractivity contribution in [2.45, 2.75) is 53.4 Å². The fraction of sp³-hybridized carbons (Fsp3) is 0.909. The molecular weight excluding hydrogens is 148 g/mol. The minimum Gasteiger partial charge on any atom is -0.299 e. The highest BCUT2D eigenvalue weighted by atomic mass is 16.1. The molecule has 1 atom stereocenters. The van der Waals surface area contributed by atoms with Crippen LogP contribution in [0.1, 0.15) is 53.4 Å². The Morgan fingerprint density at radius 3 is 2.17 bits per heavy atom. The van der Waals surface area contributed by atoms with Crippen LogP contribution >= 0.6 is 0 Å². The Balaban J connectivity index is 2.87. The lowest BCUT2D eigenvalue weighted by Crippen LogP contribution is -2.42. The zero-order valence-corrected chi connectivity index (χ0v) is 8.74. The molecule has 0 aromatic carbocycles. The molecule has 0 amide bonds. The van der Waals surface area contributed by atoms with Crippen LogP contribution in [0, 0.1) is 10.8 Å². The Morgan fingerprint density at radius 2 is 1.83 bits per heavy atom. The van der Waals surface area contributed by atoms with Gasteiger partial charge in [0, 0.05) is 11.8 Å². The monoisotopic (exact) mass is 168 g/mol. The molecule has 70 valence electrons. The first-order valence-electron chi connectivity index (χ1n) is 4.91. The van der Waals surface area contributed by atoms with Crippen molar-refractivity contribution in [1.29, 1.82) is 0 Å². The molecule has 1 fully saturated rings. The third-order valence-corrected chi connectivity index (χ3v) is 3.60. The zero-order chi connectivity index (χ0) is 9.41. The predicted octanol–water partition coefficient (Wildman–Crippen LogP) is 3.18. The van der Waals surface area contributed by atoms with E-state index < -0.39 is 0 Å². The summed E-state index contributed by atoms with van der Waals surface area (Å²) in [6.45, 7) is 8.66. The summed E-state index contributed by atoms with van der Waals surface area (Å²) < 4.78 is 0. The molecule has 0 heterocycles. The number of carbonyl (C=O) groups excluding carboxylic acids is 1. The molecule has 1 aliphatic carbocycles. The van der Waals surface area contributed by atoms with Crippen molar-refractivity contribution < 1.29 is 4.79 Å². The van der Waals surface area contributed by atoms with Gasteiger partial charge < -0.3 is 0 Å². The number of hydrogen-bond donors (Lipinski definition) is 0. The van der Waals surface area contributed by atoms with Gasteiger partial charge in [0.15, 0.2) is 0 Å². The topological polar surface area (TPSA) is 17.1 Å². The number of ketones is 1. The fourth-order valence-electron chi connectivity index (χ4n) is 1.97. The van der Waals surface area contributed by atoms with Crippen LogP contribution in [0.4, 0.5) is 0 Å². The Hall–Kier alpha value is -0.330. The Bertz CT molecular complexity index is 188. The molecular formula is C11H20O. The maximum atomic E-state index is 11.8. The molecule has 0 aromatic heterocycles. The van der Waals surface area contributed by atoms with Crippen LogP contribution in [0.3, 0.4) is 0 Å². The van der Waals surface area contributed by atoms with E-state index in [1.165, 1.54) is 6.42 Å². The average molecular weight is 168 g/mol. The largest absolute Gasteiger partial charge is 0.299 e. The molecule has 0 bridgehead atoms. The molecule has 0 aliphatic heterocycles. The van der Waals surface area contributed by atoms with Gasteiger partial charge in [0.05, 0.1) is 0 Å². The molecule has 1 unspecified atom stereocenters. The van der Waals surface area contributed by atoms with E-state index in [4.69, 9.17) is 0 Å². The van der Waals surface area contributed by atoms with E-state index in [2.05, 4.69) is 27.7 Å². The van der Waals surface area contributed by atoms with Crippen molar-refractivity contribution in [3.63, 3.8) is 0 Å². The Morgan fingerprint density at radius 1 is 1.25 bits per heavy atom. The lowest BCUT2D eigenvalue weighted by atomic mass is 9.60. The summed E-state index contributed by atoms with van der Waals surface area (Å²) in [4.78, 5) is 11.8. The molecule has 1 heteroatoms. The molecule has 1 rings (SSSR count). The van der Waals surface area contributed by atoms with Crippen molar-refractivity contribution >= 4 is 5.78 Å². The summed E-state index contributed by atoms with van der Waals surface area (Å²) in [5.41, 5.74) is 0.0652. The smallest absolute Gasteiger partial charge is 0.139 e. The quantitative estimate of drug-likeness (QED) is 0.543. The first-order chi connectivity index (χ1) is 5.38. The van der Waals surface area contributed by atoms with E-state index in [1.807, 2.05) is 0 Å². The van der Waals surface area contributed by atoms with Crippen molar-refractivity contribution in [2.75, 3.05) is 0 Å². The standard InChI is InChI=1S/C11H20O/c1-10(2,3)11(4)8-6-5-7-9(11)12/h5-8H2,1-4H3. The summed E-state index contributed by atoms with van der Waals surface area (Å²) in [7, 11) is 0. The van der Waals surface area contributed by atoms with Gasteiger partial charge in [-0.2, -0.15) is 0 Å². The van der Waals surface area contributed by atoms with Gasteiger partial charge in [-0.05, 0) is 18.3 Å². The molecule has 1 nitrogen and oxygen atoms in total. The minimum atomic E-state index is -0.0642. The van der Waals surface area contributed by atoms with E-state index in [9.17, 15) is 4.79 Å². The SMILES string of the molecule is CC(C)(C)C1(C)CCCCC1=O. The van der Waals surface area contributed by atoms with Gasteiger partial charge >= 0.3 is 0 Å². The van der Waals surface area contributed by atoms with Gasteiger partial charge in [-0.3, -0.25) is 4.79 Å². The predicted molar refractivity (Wildman–Crippen MR) is 51.0 cm³/mol. The summed E-state index contributed by atoms with van der Waals surface area (Å²) in [6.07, 6.45) is 4.20.